The summed E-state index contributed by atoms with van der Waals surface area (Å²) in [6, 6.07) is 5.57. The lowest BCUT2D eigenvalue weighted by Crippen LogP contribution is -2.28. The Kier molecular flexibility index (Phi) is 3.46. The van der Waals surface area contributed by atoms with E-state index >= 15 is 0 Å². The van der Waals surface area contributed by atoms with Gasteiger partial charge < -0.3 is 10.1 Å². The zero-order chi connectivity index (χ0) is 13.4. The van der Waals surface area contributed by atoms with Gasteiger partial charge in [-0.1, -0.05) is 6.07 Å². The van der Waals surface area contributed by atoms with Crippen LogP contribution < -0.4 is 10.1 Å². The van der Waals surface area contributed by atoms with Crippen molar-refractivity contribution in [2.45, 2.75) is 13.0 Å². The van der Waals surface area contributed by atoms with Crippen molar-refractivity contribution in [3.05, 3.63) is 29.6 Å². The number of hydrogen-bond donors (Lipinski definition) is 1. The van der Waals surface area contributed by atoms with Crippen molar-refractivity contribution in [3.8, 4) is 5.75 Å². The van der Waals surface area contributed by atoms with Crippen LogP contribution in [0.15, 0.2) is 18.2 Å². The molecule has 2 fully saturated rings. The molecule has 3 atom stereocenters. The van der Waals surface area contributed by atoms with Crippen LogP contribution in [0.4, 0.5) is 4.39 Å². The fourth-order valence-electron chi connectivity index (χ4n) is 3.36. The first kappa shape index (κ1) is 12.9. The third-order valence-corrected chi connectivity index (χ3v) is 4.62. The van der Waals surface area contributed by atoms with E-state index in [9.17, 15) is 4.39 Å². The molecule has 1 N–H and O–H groups in total. The van der Waals surface area contributed by atoms with Crippen LogP contribution in [0.3, 0.4) is 0 Å². The lowest BCUT2D eigenvalue weighted by Gasteiger charge is -2.25. The van der Waals surface area contributed by atoms with Gasteiger partial charge in [0.2, 0.25) is 0 Å². The third-order valence-electron chi connectivity index (χ3n) is 4.62. The molecule has 0 spiro atoms. The van der Waals surface area contributed by atoms with Crippen LogP contribution in [0.5, 0.6) is 5.75 Å². The maximum atomic E-state index is 13.8. The first-order valence-corrected chi connectivity index (χ1v) is 6.97. The number of fused-ring (bicyclic) bond motifs is 1. The molecule has 4 heteroatoms. The summed E-state index contributed by atoms with van der Waals surface area (Å²) in [5.41, 5.74) is 1.03. The summed E-state index contributed by atoms with van der Waals surface area (Å²) in [5.74, 6) is 1.59. The molecule has 104 valence electrons. The van der Waals surface area contributed by atoms with Gasteiger partial charge >= 0.3 is 0 Å². The van der Waals surface area contributed by atoms with E-state index in [1.165, 1.54) is 7.11 Å². The summed E-state index contributed by atoms with van der Waals surface area (Å²) in [4.78, 5) is 2.47. The molecule has 2 aliphatic heterocycles. The molecule has 1 aromatic carbocycles. The number of nitrogens with one attached hydrogen (secondary N) is 1. The van der Waals surface area contributed by atoms with Gasteiger partial charge in [0.1, 0.15) is 0 Å². The Morgan fingerprint density at radius 3 is 2.58 bits per heavy atom. The number of rotatable bonds is 3. The maximum absolute atomic E-state index is 13.8. The van der Waals surface area contributed by atoms with Crippen molar-refractivity contribution in [1.29, 1.82) is 0 Å². The summed E-state index contributed by atoms with van der Waals surface area (Å²) in [5, 5.41) is 3.44. The third kappa shape index (κ3) is 2.35. The number of methoxy groups -OCH3 is 1. The average molecular weight is 264 g/mol. The van der Waals surface area contributed by atoms with E-state index in [1.807, 2.05) is 6.07 Å². The predicted molar refractivity (Wildman–Crippen MR) is 72.8 cm³/mol. The molecule has 3 nitrogen and oxygen atoms in total. The SMILES string of the molecule is COc1ccc(C(C)N2C[C@H]3CNC[C@H]3C2)cc1F. The minimum atomic E-state index is -0.270. The molecule has 19 heavy (non-hydrogen) atoms. The van der Waals surface area contributed by atoms with Gasteiger partial charge in [-0.25, -0.2) is 4.39 Å². The van der Waals surface area contributed by atoms with Crippen molar-refractivity contribution >= 4 is 0 Å². The molecule has 0 radical (unpaired) electrons. The van der Waals surface area contributed by atoms with Crippen molar-refractivity contribution in [2.24, 2.45) is 11.8 Å². The number of nitrogens with zero attached hydrogens (tertiary/aromatic N) is 1. The van der Waals surface area contributed by atoms with E-state index < -0.39 is 0 Å². The number of benzene rings is 1. The topological polar surface area (TPSA) is 24.5 Å². The van der Waals surface area contributed by atoms with Gasteiger partial charge in [0, 0.05) is 19.1 Å². The normalized spacial score (nSPS) is 28.4. The largest absolute Gasteiger partial charge is 0.494 e. The molecule has 0 aromatic heterocycles. The van der Waals surface area contributed by atoms with E-state index in [4.69, 9.17) is 4.74 Å². The molecule has 0 aliphatic carbocycles. The highest BCUT2D eigenvalue weighted by molar-refractivity contribution is 5.31. The Morgan fingerprint density at radius 1 is 1.32 bits per heavy atom. The molecule has 2 heterocycles. The van der Waals surface area contributed by atoms with Crippen LogP contribution in [0.1, 0.15) is 18.5 Å². The minimum absolute atomic E-state index is 0.269. The molecular formula is C15H21FN2O. The number of likely N-dealkylation sites (tertiary alicyclic amines) is 1. The lowest BCUT2D eigenvalue weighted by atomic mass is 10.0. The molecule has 0 amide bonds. The Hall–Kier alpha value is -1.13. The van der Waals surface area contributed by atoms with Gasteiger partial charge in [0.15, 0.2) is 11.6 Å². The van der Waals surface area contributed by atoms with E-state index in [0.29, 0.717) is 5.75 Å². The van der Waals surface area contributed by atoms with Crippen LogP contribution in [0.25, 0.3) is 0 Å². The van der Waals surface area contributed by atoms with Crippen LogP contribution >= 0.6 is 0 Å². The highest BCUT2D eigenvalue weighted by atomic mass is 19.1. The number of halogens is 1. The maximum Gasteiger partial charge on any atom is 0.165 e. The Balaban J connectivity index is 1.73. The summed E-state index contributed by atoms with van der Waals surface area (Å²) in [7, 11) is 1.50. The average Bonchev–Trinajstić information content (AvgIpc) is 2.98. The quantitative estimate of drug-likeness (QED) is 0.904. The van der Waals surface area contributed by atoms with Crippen LogP contribution in [0.2, 0.25) is 0 Å². The van der Waals surface area contributed by atoms with Crippen LogP contribution in [-0.2, 0) is 0 Å². The lowest BCUT2D eigenvalue weighted by molar-refractivity contribution is 0.243. The molecule has 3 rings (SSSR count). The van der Waals surface area contributed by atoms with E-state index in [2.05, 4.69) is 17.1 Å². The highest BCUT2D eigenvalue weighted by Crippen LogP contribution is 2.33. The standard InChI is InChI=1S/C15H21FN2O/c1-10(11-3-4-15(19-2)14(16)5-11)18-8-12-6-17-7-13(12)9-18/h3-5,10,12-13,17H,6-9H2,1-2H3/t10?,12-,13+. The fourth-order valence-corrected chi connectivity index (χ4v) is 3.36. The first-order valence-electron chi connectivity index (χ1n) is 6.97. The molecule has 0 bridgehead atoms. The monoisotopic (exact) mass is 264 g/mol. The van der Waals surface area contributed by atoms with Gasteiger partial charge in [0.05, 0.1) is 7.11 Å². The predicted octanol–water partition coefficient (Wildman–Crippen LogP) is 2.05. The van der Waals surface area contributed by atoms with Gasteiger partial charge in [-0.15, -0.1) is 0 Å². The first-order chi connectivity index (χ1) is 9.19. The Morgan fingerprint density at radius 2 is 2.00 bits per heavy atom. The fraction of sp³-hybridized carbons (Fsp3) is 0.600. The zero-order valence-electron chi connectivity index (χ0n) is 11.5. The van der Waals surface area contributed by atoms with Crippen molar-refractivity contribution in [2.75, 3.05) is 33.3 Å². The van der Waals surface area contributed by atoms with Crippen molar-refractivity contribution in [3.63, 3.8) is 0 Å². The number of hydrogen-bond acceptors (Lipinski definition) is 3. The smallest absolute Gasteiger partial charge is 0.165 e. The van der Waals surface area contributed by atoms with Crippen molar-refractivity contribution in [1.82, 2.24) is 10.2 Å². The molecular weight excluding hydrogens is 243 g/mol. The molecule has 2 aliphatic rings. The zero-order valence-corrected chi connectivity index (χ0v) is 11.5. The van der Waals surface area contributed by atoms with Crippen LogP contribution in [0, 0.1) is 17.7 Å². The Bertz CT molecular complexity index is 453. The summed E-state index contributed by atoms with van der Waals surface area (Å²) >= 11 is 0. The number of ether oxygens (including phenoxy) is 1. The summed E-state index contributed by atoms with van der Waals surface area (Å²) in [6.07, 6.45) is 0. The molecule has 1 aromatic rings. The summed E-state index contributed by atoms with van der Waals surface area (Å²) in [6.45, 7) is 6.66. The van der Waals surface area contributed by atoms with Gasteiger partial charge in [-0.2, -0.15) is 0 Å². The van der Waals surface area contributed by atoms with Gasteiger partial charge in [0.25, 0.3) is 0 Å². The summed E-state index contributed by atoms with van der Waals surface area (Å²) < 4.78 is 18.7. The second kappa shape index (κ2) is 5.10. The molecule has 0 saturated carbocycles. The van der Waals surface area contributed by atoms with E-state index in [-0.39, 0.29) is 11.9 Å². The minimum Gasteiger partial charge on any atom is -0.494 e. The second-order valence-electron chi connectivity index (χ2n) is 5.70. The Labute approximate surface area is 113 Å². The molecule has 2 saturated heterocycles. The van der Waals surface area contributed by atoms with Crippen molar-refractivity contribution < 1.29 is 9.13 Å². The van der Waals surface area contributed by atoms with E-state index in [1.54, 1.807) is 12.1 Å². The van der Waals surface area contributed by atoms with Crippen LogP contribution in [-0.4, -0.2) is 38.2 Å². The van der Waals surface area contributed by atoms with E-state index in [0.717, 1.165) is 43.6 Å². The molecule has 1 unspecified atom stereocenters. The van der Waals surface area contributed by atoms with Gasteiger partial charge in [-0.3, -0.25) is 4.90 Å². The second-order valence-corrected chi connectivity index (χ2v) is 5.70. The van der Waals surface area contributed by atoms with Gasteiger partial charge in [-0.05, 0) is 49.5 Å². The highest BCUT2D eigenvalue weighted by Gasteiger charge is 2.37.